The fraction of sp³-hybridized carbons (Fsp3) is 0.200. The molecule has 0 aromatic heterocycles. The number of hydrogen-bond donors (Lipinski definition) is 2. The van der Waals surface area contributed by atoms with Crippen molar-refractivity contribution in [3.63, 3.8) is 0 Å². The highest BCUT2D eigenvalue weighted by atomic mass is 16.4. The Morgan fingerprint density at radius 3 is 2.00 bits per heavy atom. The SMILES string of the molecule is CCC=CC(C(=O)O)(c1ccccc1)C(C(=O)O)c1ccccc1. The molecule has 2 aromatic carbocycles. The number of carboxylic acids is 2. The Balaban J connectivity index is 2.78. The summed E-state index contributed by atoms with van der Waals surface area (Å²) in [5, 5.41) is 19.9. The maximum atomic E-state index is 12.3. The molecule has 24 heavy (non-hydrogen) atoms. The van der Waals surface area contributed by atoms with Crippen molar-refractivity contribution < 1.29 is 19.8 Å². The van der Waals surface area contributed by atoms with Crippen LogP contribution < -0.4 is 0 Å². The third kappa shape index (κ3) is 3.23. The normalized spacial score (nSPS) is 14.9. The zero-order valence-corrected chi connectivity index (χ0v) is 13.4. The zero-order chi connectivity index (χ0) is 17.6. The summed E-state index contributed by atoms with van der Waals surface area (Å²) in [5.41, 5.74) is -0.778. The highest BCUT2D eigenvalue weighted by Crippen LogP contribution is 2.41. The van der Waals surface area contributed by atoms with Gasteiger partial charge in [0.05, 0.1) is 0 Å². The molecule has 4 heteroatoms. The van der Waals surface area contributed by atoms with Crippen LogP contribution in [0.15, 0.2) is 72.8 Å². The molecule has 0 aliphatic heterocycles. The highest BCUT2D eigenvalue weighted by molar-refractivity contribution is 5.94. The topological polar surface area (TPSA) is 74.6 Å². The molecule has 2 unspecified atom stereocenters. The van der Waals surface area contributed by atoms with Crippen LogP contribution in [0, 0.1) is 0 Å². The minimum atomic E-state index is -1.68. The number of aliphatic carboxylic acids is 2. The van der Waals surface area contributed by atoms with Gasteiger partial charge in [0.1, 0.15) is 11.3 Å². The highest BCUT2D eigenvalue weighted by Gasteiger charge is 2.50. The Morgan fingerprint density at radius 2 is 1.54 bits per heavy atom. The lowest BCUT2D eigenvalue weighted by molar-refractivity contribution is -0.150. The molecule has 0 fully saturated rings. The number of carboxylic acid groups (broad SMARTS) is 2. The molecular formula is C20H20O4. The monoisotopic (exact) mass is 324 g/mol. The lowest BCUT2D eigenvalue weighted by Crippen LogP contribution is -2.43. The minimum Gasteiger partial charge on any atom is -0.481 e. The molecular weight excluding hydrogens is 304 g/mol. The molecule has 0 saturated heterocycles. The molecule has 0 aliphatic rings. The first-order valence-electron chi connectivity index (χ1n) is 7.78. The van der Waals surface area contributed by atoms with Crippen LogP contribution >= 0.6 is 0 Å². The molecule has 2 aromatic rings. The summed E-state index contributed by atoms with van der Waals surface area (Å²) in [6.45, 7) is 1.88. The van der Waals surface area contributed by atoms with Crippen molar-refractivity contribution in [3.05, 3.63) is 83.9 Å². The van der Waals surface area contributed by atoms with Gasteiger partial charge in [-0.1, -0.05) is 79.7 Å². The summed E-state index contributed by atoms with van der Waals surface area (Å²) >= 11 is 0. The van der Waals surface area contributed by atoms with Crippen LogP contribution in [-0.4, -0.2) is 22.2 Å². The largest absolute Gasteiger partial charge is 0.481 e. The van der Waals surface area contributed by atoms with Gasteiger partial charge in [0, 0.05) is 0 Å². The summed E-state index contributed by atoms with van der Waals surface area (Å²) in [7, 11) is 0. The number of hydrogen-bond acceptors (Lipinski definition) is 2. The summed E-state index contributed by atoms with van der Waals surface area (Å²) in [6.07, 6.45) is 3.83. The summed E-state index contributed by atoms with van der Waals surface area (Å²) in [6, 6.07) is 17.0. The van der Waals surface area contributed by atoms with E-state index in [2.05, 4.69) is 0 Å². The van der Waals surface area contributed by atoms with E-state index in [0.717, 1.165) is 0 Å². The Labute approximate surface area is 141 Å². The second-order valence-electron chi connectivity index (χ2n) is 5.53. The van der Waals surface area contributed by atoms with Gasteiger partial charge in [-0.3, -0.25) is 9.59 Å². The van der Waals surface area contributed by atoms with Crippen molar-refractivity contribution in [3.8, 4) is 0 Å². The molecule has 124 valence electrons. The predicted octanol–water partition coefficient (Wildman–Crippen LogP) is 3.84. The lowest BCUT2D eigenvalue weighted by Gasteiger charge is -2.33. The van der Waals surface area contributed by atoms with Crippen molar-refractivity contribution >= 4 is 11.9 Å². The Morgan fingerprint density at radius 1 is 1.00 bits per heavy atom. The molecule has 0 bridgehead atoms. The fourth-order valence-corrected chi connectivity index (χ4v) is 2.94. The molecule has 0 amide bonds. The van der Waals surface area contributed by atoms with Gasteiger partial charge >= 0.3 is 11.9 Å². The fourth-order valence-electron chi connectivity index (χ4n) is 2.94. The molecule has 0 radical (unpaired) electrons. The maximum Gasteiger partial charge on any atom is 0.319 e. The van der Waals surface area contributed by atoms with Gasteiger partial charge in [-0.25, -0.2) is 0 Å². The predicted molar refractivity (Wildman–Crippen MR) is 92.0 cm³/mol. The van der Waals surface area contributed by atoms with Crippen molar-refractivity contribution in [2.45, 2.75) is 24.7 Å². The van der Waals surface area contributed by atoms with E-state index in [9.17, 15) is 19.8 Å². The van der Waals surface area contributed by atoms with Crippen LogP contribution in [0.3, 0.4) is 0 Å². The number of carbonyl (C=O) groups is 2. The third-order valence-corrected chi connectivity index (χ3v) is 4.06. The second kappa shape index (κ2) is 7.59. The third-order valence-electron chi connectivity index (χ3n) is 4.06. The number of allylic oxidation sites excluding steroid dienone is 1. The van der Waals surface area contributed by atoms with E-state index in [-0.39, 0.29) is 0 Å². The van der Waals surface area contributed by atoms with Crippen molar-refractivity contribution in [2.24, 2.45) is 0 Å². The van der Waals surface area contributed by atoms with Crippen LogP contribution in [-0.2, 0) is 15.0 Å². The average Bonchev–Trinajstić information content (AvgIpc) is 2.59. The minimum absolute atomic E-state index is 0.443. The zero-order valence-electron chi connectivity index (χ0n) is 13.4. The van der Waals surface area contributed by atoms with Gasteiger partial charge in [-0.15, -0.1) is 0 Å². The Hall–Kier alpha value is -2.88. The number of benzene rings is 2. The Kier molecular flexibility index (Phi) is 5.53. The van der Waals surface area contributed by atoms with Gasteiger partial charge < -0.3 is 10.2 Å². The smallest absolute Gasteiger partial charge is 0.319 e. The van der Waals surface area contributed by atoms with Gasteiger partial charge in [0.2, 0.25) is 0 Å². The van der Waals surface area contributed by atoms with E-state index in [1.807, 2.05) is 6.92 Å². The summed E-state index contributed by atoms with van der Waals surface area (Å²) < 4.78 is 0. The van der Waals surface area contributed by atoms with E-state index in [0.29, 0.717) is 17.5 Å². The first kappa shape index (κ1) is 17.5. The second-order valence-corrected chi connectivity index (χ2v) is 5.53. The molecule has 0 aliphatic carbocycles. The first-order valence-corrected chi connectivity index (χ1v) is 7.78. The molecule has 0 heterocycles. The maximum absolute atomic E-state index is 12.3. The average molecular weight is 324 g/mol. The van der Waals surface area contributed by atoms with Gasteiger partial charge in [-0.2, -0.15) is 0 Å². The van der Waals surface area contributed by atoms with Crippen LogP contribution in [0.2, 0.25) is 0 Å². The van der Waals surface area contributed by atoms with Crippen LogP contribution in [0.5, 0.6) is 0 Å². The molecule has 0 spiro atoms. The van der Waals surface area contributed by atoms with Gasteiger partial charge in [0.15, 0.2) is 0 Å². The van der Waals surface area contributed by atoms with Gasteiger partial charge in [-0.05, 0) is 17.5 Å². The van der Waals surface area contributed by atoms with E-state index in [1.165, 1.54) is 6.08 Å². The van der Waals surface area contributed by atoms with Gasteiger partial charge in [0.25, 0.3) is 0 Å². The number of rotatable bonds is 7. The van der Waals surface area contributed by atoms with E-state index >= 15 is 0 Å². The quantitative estimate of drug-likeness (QED) is 0.759. The Bertz CT molecular complexity index is 722. The molecule has 4 nitrogen and oxygen atoms in total. The summed E-state index contributed by atoms with van der Waals surface area (Å²) in [5.74, 6) is -3.59. The van der Waals surface area contributed by atoms with E-state index < -0.39 is 23.3 Å². The molecule has 2 N–H and O–H groups in total. The van der Waals surface area contributed by atoms with E-state index in [4.69, 9.17) is 0 Å². The van der Waals surface area contributed by atoms with Crippen molar-refractivity contribution in [2.75, 3.05) is 0 Å². The first-order chi connectivity index (χ1) is 11.5. The molecule has 2 atom stereocenters. The van der Waals surface area contributed by atoms with Crippen LogP contribution in [0.4, 0.5) is 0 Å². The molecule has 0 saturated carbocycles. The van der Waals surface area contributed by atoms with Crippen LogP contribution in [0.25, 0.3) is 0 Å². The van der Waals surface area contributed by atoms with Crippen molar-refractivity contribution in [1.29, 1.82) is 0 Å². The van der Waals surface area contributed by atoms with Crippen LogP contribution in [0.1, 0.15) is 30.4 Å². The molecule has 2 rings (SSSR count). The van der Waals surface area contributed by atoms with E-state index in [1.54, 1.807) is 66.7 Å². The lowest BCUT2D eigenvalue weighted by atomic mass is 9.67. The van der Waals surface area contributed by atoms with Crippen molar-refractivity contribution in [1.82, 2.24) is 0 Å². The summed E-state index contributed by atoms with van der Waals surface area (Å²) in [4.78, 5) is 24.4. The standard InChI is InChI=1S/C20H20O4/c1-2-3-14-20(19(23)24,16-12-8-5-9-13-16)17(18(21)22)15-10-6-4-7-11-15/h3-14,17H,2H2,1H3,(H,21,22)(H,23,24).